The topological polar surface area (TPSA) is 35.5 Å². The SMILES string of the molecule is COc1ccc(CC#CC2=CC3=C/C(=C/c4cccc(F)c4)[S+]([O-])N(C)C3C=C2)cc1. The van der Waals surface area contributed by atoms with Gasteiger partial charge in [-0.2, -0.15) is 0 Å². The van der Waals surface area contributed by atoms with E-state index < -0.39 is 11.4 Å². The number of likely N-dealkylation sites (N-methyl/N-ethyl adjacent to an activating group) is 1. The zero-order chi connectivity index (χ0) is 21.8. The summed E-state index contributed by atoms with van der Waals surface area (Å²) in [7, 11) is 3.47. The summed E-state index contributed by atoms with van der Waals surface area (Å²) in [5.41, 5.74) is 3.73. The molecule has 2 aromatic rings. The quantitative estimate of drug-likeness (QED) is 0.516. The van der Waals surface area contributed by atoms with Crippen LogP contribution in [0.15, 0.2) is 88.9 Å². The van der Waals surface area contributed by atoms with Crippen LogP contribution in [0.2, 0.25) is 0 Å². The van der Waals surface area contributed by atoms with Crippen LogP contribution in [-0.4, -0.2) is 29.1 Å². The molecular formula is C26H22FNO2S. The van der Waals surface area contributed by atoms with Crippen LogP contribution in [0.1, 0.15) is 11.1 Å². The number of allylic oxidation sites excluding steroid dienone is 3. The van der Waals surface area contributed by atoms with Crippen molar-refractivity contribution >= 4 is 17.4 Å². The summed E-state index contributed by atoms with van der Waals surface area (Å²) in [6.07, 6.45) is 10.3. The first kappa shape index (κ1) is 21.2. The summed E-state index contributed by atoms with van der Waals surface area (Å²) >= 11 is -1.32. The van der Waals surface area contributed by atoms with E-state index in [2.05, 4.69) is 11.8 Å². The number of fused-ring (bicyclic) bond motifs is 1. The molecule has 0 spiro atoms. The highest BCUT2D eigenvalue weighted by Gasteiger charge is 2.34. The number of nitrogens with zero attached hydrogens (tertiary/aromatic N) is 1. The van der Waals surface area contributed by atoms with Crippen molar-refractivity contribution in [3.63, 3.8) is 0 Å². The van der Waals surface area contributed by atoms with Crippen LogP contribution in [0.3, 0.4) is 0 Å². The fourth-order valence-corrected chi connectivity index (χ4v) is 4.69. The molecule has 31 heavy (non-hydrogen) atoms. The lowest BCUT2D eigenvalue weighted by molar-refractivity contribution is 0.414. The minimum absolute atomic E-state index is 0.0716. The number of ether oxygens (including phenoxy) is 1. The molecule has 0 fully saturated rings. The van der Waals surface area contributed by atoms with Crippen LogP contribution in [-0.2, 0) is 17.8 Å². The number of rotatable bonds is 3. The molecule has 2 atom stereocenters. The summed E-state index contributed by atoms with van der Waals surface area (Å²) in [6.45, 7) is 0. The monoisotopic (exact) mass is 431 g/mol. The predicted octanol–water partition coefficient (Wildman–Crippen LogP) is 4.82. The van der Waals surface area contributed by atoms with Crippen LogP contribution in [0.25, 0.3) is 6.08 Å². The maximum atomic E-state index is 13.5. The smallest absolute Gasteiger partial charge is 0.175 e. The number of hydrogen-bond donors (Lipinski definition) is 0. The normalized spacial score (nSPS) is 21.6. The van der Waals surface area contributed by atoms with Gasteiger partial charge in [0.1, 0.15) is 11.6 Å². The minimum atomic E-state index is -1.32. The van der Waals surface area contributed by atoms with E-state index in [1.807, 2.05) is 55.6 Å². The summed E-state index contributed by atoms with van der Waals surface area (Å²) in [4.78, 5) is 0.636. The van der Waals surface area contributed by atoms with Gasteiger partial charge in [0.15, 0.2) is 4.91 Å². The molecule has 0 saturated carbocycles. The third kappa shape index (κ3) is 5.00. The van der Waals surface area contributed by atoms with E-state index in [-0.39, 0.29) is 11.9 Å². The second-order valence-electron chi connectivity index (χ2n) is 7.27. The van der Waals surface area contributed by atoms with Gasteiger partial charge >= 0.3 is 0 Å². The first-order chi connectivity index (χ1) is 15.0. The van der Waals surface area contributed by atoms with Crippen molar-refractivity contribution < 1.29 is 13.7 Å². The minimum Gasteiger partial charge on any atom is -0.593 e. The number of methoxy groups -OCH3 is 1. The van der Waals surface area contributed by atoms with Crippen molar-refractivity contribution in [3.05, 3.63) is 106 Å². The number of benzene rings is 2. The molecule has 4 rings (SSSR count). The second kappa shape index (κ2) is 9.40. The van der Waals surface area contributed by atoms with Crippen LogP contribution >= 0.6 is 0 Å². The van der Waals surface area contributed by atoms with E-state index in [9.17, 15) is 8.94 Å². The first-order valence-corrected chi connectivity index (χ1v) is 11.0. The molecule has 0 saturated heterocycles. The van der Waals surface area contributed by atoms with Crippen molar-refractivity contribution in [2.45, 2.75) is 12.5 Å². The summed E-state index contributed by atoms with van der Waals surface area (Å²) < 4.78 is 33.4. The van der Waals surface area contributed by atoms with Crippen LogP contribution < -0.4 is 4.74 Å². The molecular weight excluding hydrogens is 409 g/mol. The van der Waals surface area contributed by atoms with E-state index in [0.29, 0.717) is 16.9 Å². The van der Waals surface area contributed by atoms with Gasteiger partial charge in [0.25, 0.3) is 0 Å². The molecule has 1 heterocycles. The molecule has 0 aromatic heterocycles. The maximum absolute atomic E-state index is 13.5. The summed E-state index contributed by atoms with van der Waals surface area (Å²) in [5, 5.41) is 0. The Hall–Kier alpha value is -3.04. The van der Waals surface area contributed by atoms with Gasteiger partial charge in [0, 0.05) is 31.2 Å². The molecule has 1 aliphatic heterocycles. The van der Waals surface area contributed by atoms with Crippen LogP contribution in [0.4, 0.5) is 4.39 Å². The Kier molecular flexibility index (Phi) is 6.43. The van der Waals surface area contributed by atoms with E-state index in [1.165, 1.54) is 12.1 Å². The standard InChI is InChI=1S/C26H22FNO2S/c1-28-26-14-11-20(6-3-5-19-9-12-24(30-2)13-10-19)15-22(26)18-25(31(28)29)17-21-7-4-8-23(27)16-21/h4,7-18,26H,5H2,1-2H3/b25-17-. The fraction of sp³-hybridized carbons (Fsp3) is 0.154. The van der Waals surface area contributed by atoms with Crippen molar-refractivity contribution in [1.82, 2.24) is 4.31 Å². The van der Waals surface area contributed by atoms with Gasteiger partial charge in [-0.25, -0.2) is 4.39 Å². The van der Waals surface area contributed by atoms with Crippen molar-refractivity contribution in [2.24, 2.45) is 0 Å². The molecule has 3 nitrogen and oxygen atoms in total. The molecule has 156 valence electrons. The van der Waals surface area contributed by atoms with E-state index in [1.54, 1.807) is 29.6 Å². The van der Waals surface area contributed by atoms with Gasteiger partial charge in [0.2, 0.25) is 0 Å². The molecule has 2 unspecified atom stereocenters. The average Bonchev–Trinajstić information content (AvgIpc) is 2.78. The maximum Gasteiger partial charge on any atom is 0.175 e. The molecule has 1 aliphatic carbocycles. The fourth-order valence-electron chi connectivity index (χ4n) is 3.48. The van der Waals surface area contributed by atoms with Gasteiger partial charge in [0.05, 0.1) is 24.5 Å². The number of hydrogen-bond acceptors (Lipinski definition) is 3. The zero-order valence-electron chi connectivity index (χ0n) is 17.3. The van der Waals surface area contributed by atoms with E-state index in [0.717, 1.165) is 22.5 Å². The Labute approximate surface area is 185 Å². The van der Waals surface area contributed by atoms with Crippen molar-refractivity contribution in [3.8, 4) is 17.6 Å². The van der Waals surface area contributed by atoms with Gasteiger partial charge < -0.3 is 9.29 Å². The molecule has 2 aliphatic rings. The van der Waals surface area contributed by atoms with E-state index in [4.69, 9.17) is 4.74 Å². The number of halogens is 1. The summed E-state index contributed by atoms with van der Waals surface area (Å²) in [5.74, 6) is 6.95. The highest BCUT2D eigenvalue weighted by molar-refractivity contribution is 7.93. The van der Waals surface area contributed by atoms with Gasteiger partial charge in [-0.1, -0.05) is 42.2 Å². The Bertz CT molecular complexity index is 1150. The Morgan fingerprint density at radius 3 is 2.74 bits per heavy atom. The summed E-state index contributed by atoms with van der Waals surface area (Å²) in [6, 6.07) is 14.1. The predicted molar refractivity (Wildman–Crippen MR) is 124 cm³/mol. The van der Waals surface area contributed by atoms with Crippen LogP contribution in [0.5, 0.6) is 5.75 Å². The van der Waals surface area contributed by atoms with Gasteiger partial charge in [-0.15, -0.1) is 4.31 Å². The highest BCUT2D eigenvalue weighted by Crippen LogP contribution is 2.33. The third-order valence-electron chi connectivity index (χ3n) is 5.13. The third-order valence-corrected chi connectivity index (χ3v) is 6.52. The van der Waals surface area contributed by atoms with Crippen LogP contribution in [0, 0.1) is 17.7 Å². The van der Waals surface area contributed by atoms with E-state index >= 15 is 0 Å². The molecule has 0 N–H and O–H groups in total. The van der Waals surface area contributed by atoms with Crippen molar-refractivity contribution in [2.75, 3.05) is 14.2 Å². The largest absolute Gasteiger partial charge is 0.593 e. The Morgan fingerprint density at radius 1 is 1.19 bits per heavy atom. The second-order valence-corrected chi connectivity index (χ2v) is 8.82. The first-order valence-electron chi connectivity index (χ1n) is 9.89. The molecule has 0 radical (unpaired) electrons. The molecule has 5 heteroatoms. The van der Waals surface area contributed by atoms with Gasteiger partial charge in [-0.05, 0) is 53.1 Å². The van der Waals surface area contributed by atoms with Crippen molar-refractivity contribution in [1.29, 1.82) is 0 Å². The molecule has 0 amide bonds. The Balaban J connectivity index is 1.56. The lowest BCUT2D eigenvalue weighted by atomic mass is 9.96. The average molecular weight is 432 g/mol. The molecule has 0 bridgehead atoms. The lowest BCUT2D eigenvalue weighted by Crippen LogP contribution is -2.41. The highest BCUT2D eigenvalue weighted by atomic mass is 32.2. The molecule has 2 aromatic carbocycles. The lowest BCUT2D eigenvalue weighted by Gasteiger charge is -2.33. The Morgan fingerprint density at radius 2 is 2.00 bits per heavy atom. The van der Waals surface area contributed by atoms with Gasteiger partial charge in [-0.3, -0.25) is 0 Å². The zero-order valence-corrected chi connectivity index (χ0v) is 18.2.